The number of hydrogen-bond donors (Lipinski definition) is 0. The highest BCUT2D eigenvalue weighted by Crippen LogP contribution is 2.32. The van der Waals surface area contributed by atoms with Crippen LogP contribution in [0, 0.1) is 5.41 Å². The molecule has 25 heavy (non-hydrogen) atoms. The van der Waals surface area contributed by atoms with Crippen LogP contribution in [0.2, 0.25) is 0 Å². The summed E-state index contributed by atoms with van der Waals surface area (Å²) in [6.07, 6.45) is 8.24. The first kappa shape index (κ1) is 23.4. The SMILES string of the molecule is COC(=O)/C=C\CC(C/C=C(\C)CC/C=C/I)(C(=O)OC)C(=O)OC. The predicted octanol–water partition coefficient (Wildman–Crippen LogP) is 3.50. The molecule has 0 aliphatic heterocycles. The van der Waals surface area contributed by atoms with E-state index in [0.717, 1.165) is 18.4 Å². The fourth-order valence-electron chi connectivity index (χ4n) is 2.14. The summed E-state index contributed by atoms with van der Waals surface area (Å²) in [5.41, 5.74) is -0.488. The van der Waals surface area contributed by atoms with Gasteiger partial charge in [0.1, 0.15) is 0 Å². The molecule has 6 nitrogen and oxygen atoms in total. The van der Waals surface area contributed by atoms with Gasteiger partial charge < -0.3 is 14.2 Å². The molecule has 0 saturated heterocycles. The molecule has 0 bridgehead atoms. The van der Waals surface area contributed by atoms with E-state index in [4.69, 9.17) is 9.47 Å². The van der Waals surface area contributed by atoms with Gasteiger partial charge in [-0.15, -0.1) is 0 Å². The zero-order valence-corrected chi connectivity index (χ0v) is 17.2. The molecule has 0 amide bonds. The Labute approximate surface area is 162 Å². The molecule has 7 heteroatoms. The number of carbonyl (C=O) groups is 3. The van der Waals surface area contributed by atoms with E-state index < -0.39 is 23.3 Å². The smallest absolute Gasteiger partial charge is 0.330 e. The summed E-state index contributed by atoms with van der Waals surface area (Å²) in [6, 6.07) is 0. The lowest BCUT2D eigenvalue weighted by Crippen LogP contribution is -2.40. The molecule has 0 aromatic carbocycles. The molecule has 0 atom stereocenters. The van der Waals surface area contributed by atoms with Crippen LogP contribution < -0.4 is 0 Å². The van der Waals surface area contributed by atoms with E-state index in [1.54, 1.807) is 0 Å². The third kappa shape index (κ3) is 7.85. The molecule has 140 valence electrons. The van der Waals surface area contributed by atoms with Crippen LogP contribution in [0.1, 0.15) is 32.6 Å². The summed E-state index contributed by atoms with van der Waals surface area (Å²) in [6.45, 7) is 1.94. The number of methoxy groups -OCH3 is 3. The molecule has 0 aliphatic carbocycles. The molecule has 0 N–H and O–H groups in total. The van der Waals surface area contributed by atoms with E-state index in [9.17, 15) is 14.4 Å². The lowest BCUT2D eigenvalue weighted by molar-refractivity contribution is -0.168. The topological polar surface area (TPSA) is 78.9 Å². The monoisotopic (exact) mass is 464 g/mol. The Hall–Kier alpha value is -1.64. The first-order valence-electron chi connectivity index (χ1n) is 7.70. The first-order chi connectivity index (χ1) is 11.9. The molecule has 0 fully saturated rings. The molecule has 0 saturated carbocycles. The van der Waals surface area contributed by atoms with Gasteiger partial charge in [-0.05, 0) is 36.7 Å². The van der Waals surface area contributed by atoms with E-state index in [1.165, 1.54) is 33.5 Å². The summed E-state index contributed by atoms with van der Waals surface area (Å²) >= 11 is 2.15. The van der Waals surface area contributed by atoms with Crippen molar-refractivity contribution in [1.29, 1.82) is 0 Å². The third-order valence-electron chi connectivity index (χ3n) is 3.67. The zero-order valence-electron chi connectivity index (χ0n) is 15.0. The van der Waals surface area contributed by atoms with Gasteiger partial charge in [-0.1, -0.05) is 46.4 Å². The Morgan fingerprint density at radius 2 is 1.56 bits per heavy atom. The van der Waals surface area contributed by atoms with Crippen LogP contribution in [-0.4, -0.2) is 39.2 Å². The summed E-state index contributed by atoms with van der Waals surface area (Å²) in [7, 11) is 3.68. The average molecular weight is 464 g/mol. The first-order valence-corrected chi connectivity index (χ1v) is 8.94. The number of allylic oxidation sites excluding steroid dienone is 4. The Bertz CT molecular complexity index is 532. The Balaban J connectivity index is 5.50. The molecule has 0 spiro atoms. The van der Waals surface area contributed by atoms with Gasteiger partial charge >= 0.3 is 17.9 Å². The van der Waals surface area contributed by atoms with Crippen molar-refractivity contribution in [3.8, 4) is 0 Å². The normalized spacial score (nSPS) is 12.4. The van der Waals surface area contributed by atoms with Crippen LogP contribution in [0.5, 0.6) is 0 Å². The van der Waals surface area contributed by atoms with Crippen molar-refractivity contribution in [2.45, 2.75) is 32.6 Å². The quantitative estimate of drug-likeness (QED) is 0.123. The van der Waals surface area contributed by atoms with Crippen LogP contribution >= 0.6 is 22.6 Å². The molecule has 0 aromatic rings. The van der Waals surface area contributed by atoms with Crippen LogP contribution in [0.4, 0.5) is 0 Å². The average Bonchev–Trinajstić information content (AvgIpc) is 2.63. The number of ether oxygens (including phenoxy) is 3. The van der Waals surface area contributed by atoms with Gasteiger partial charge in [0.25, 0.3) is 0 Å². The second kappa shape index (κ2) is 12.7. The Morgan fingerprint density at radius 1 is 0.960 bits per heavy atom. The maximum absolute atomic E-state index is 12.3. The van der Waals surface area contributed by atoms with Crippen molar-refractivity contribution in [3.63, 3.8) is 0 Å². The van der Waals surface area contributed by atoms with E-state index in [1.807, 2.05) is 23.2 Å². The standard InChI is InChI=1S/C18H25IO6/c1-14(8-5-6-13-19)10-12-18(16(21)24-3,17(22)25-4)11-7-9-15(20)23-2/h6-7,9-10,13H,5,8,11-12H2,1-4H3/b9-7-,13-6+,14-10+. The highest BCUT2D eigenvalue weighted by molar-refractivity contribution is 14.1. The van der Waals surface area contributed by atoms with Crippen molar-refractivity contribution < 1.29 is 28.6 Å². The molecule has 0 aromatic heterocycles. The minimum absolute atomic E-state index is 0.0289. The molecule has 0 radical (unpaired) electrons. The van der Waals surface area contributed by atoms with Gasteiger partial charge in [-0.3, -0.25) is 9.59 Å². The number of carbonyl (C=O) groups excluding carboxylic acids is 3. The van der Waals surface area contributed by atoms with Crippen molar-refractivity contribution in [3.05, 3.63) is 34.0 Å². The van der Waals surface area contributed by atoms with Crippen LogP contribution in [0.3, 0.4) is 0 Å². The number of halogens is 1. The molecule has 0 unspecified atom stereocenters. The van der Waals surface area contributed by atoms with Crippen molar-refractivity contribution in [1.82, 2.24) is 0 Å². The largest absolute Gasteiger partial charge is 0.468 e. The lowest BCUT2D eigenvalue weighted by Gasteiger charge is -2.26. The van der Waals surface area contributed by atoms with Crippen molar-refractivity contribution in [2.24, 2.45) is 5.41 Å². The van der Waals surface area contributed by atoms with Crippen LogP contribution in [-0.2, 0) is 28.6 Å². The van der Waals surface area contributed by atoms with E-state index in [2.05, 4.69) is 27.3 Å². The molecule has 0 aliphatic rings. The lowest BCUT2D eigenvalue weighted by atomic mass is 9.80. The highest BCUT2D eigenvalue weighted by atomic mass is 127. The number of hydrogen-bond acceptors (Lipinski definition) is 6. The van der Waals surface area contributed by atoms with Gasteiger partial charge in [0, 0.05) is 6.08 Å². The van der Waals surface area contributed by atoms with E-state index in [0.29, 0.717) is 0 Å². The third-order valence-corrected chi connectivity index (χ3v) is 4.18. The Morgan fingerprint density at radius 3 is 2.04 bits per heavy atom. The maximum Gasteiger partial charge on any atom is 0.330 e. The molecule has 0 heterocycles. The van der Waals surface area contributed by atoms with Crippen molar-refractivity contribution >= 4 is 40.5 Å². The summed E-state index contributed by atoms with van der Waals surface area (Å²) in [5.74, 6) is -1.98. The molecular weight excluding hydrogens is 439 g/mol. The Kier molecular flexibility index (Phi) is 11.9. The maximum atomic E-state index is 12.3. The molecular formula is C18H25IO6. The van der Waals surface area contributed by atoms with Gasteiger partial charge in [-0.2, -0.15) is 0 Å². The number of rotatable bonds is 10. The zero-order chi connectivity index (χ0) is 19.3. The van der Waals surface area contributed by atoms with Crippen LogP contribution in [0.15, 0.2) is 34.0 Å². The second-order valence-electron chi connectivity index (χ2n) is 5.35. The summed E-state index contributed by atoms with van der Waals surface area (Å²) < 4.78 is 16.1. The predicted molar refractivity (Wildman–Crippen MR) is 103 cm³/mol. The fraction of sp³-hybridized carbons (Fsp3) is 0.500. The van der Waals surface area contributed by atoms with Gasteiger partial charge in [0.05, 0.1) is 21.3 Å². The van der Waals surface area contributed by atoms with E-state index in [-0.39, 0.29) is 12.8 Å². The number of esters is 3. The second-order valence-corrected chi connectivity index (χ2v) is 6.07. The van der Waals surface area contributed by atoms with Crippen LogP contribution in [0.25, 0.3) is 0 Å². The van der Waals surface area contributed by atoms with Gasteiger partial charge in [0.2, 0.25) is 0 Å². The molecule has 0 rings (SSSR count). The fourth-order valence-corrected chi connectivity index (χ4v) is 2.50. The minimum Gasteiger partial charge on any atom is -0.468 e. The van der Waals surface area contributed by atoms with Gasteiger partial charge in [0.15, 0.2) is 5.41 Å². The minimum atomic E-state index is -1.53. The summed E-state index contributed by atoms with van der Waals surface area (Å²) in [4.78, 5) is 35.9. The van der Waals surface area contributed by atoms with E-state index >= 15 is 0 Å². The van der Waals surface area contributed by atoms with Gasteiger partial charge in [-0.25, -0.2) is 4.79 Å². The van der Waals surface area contributed by atoms with Crippen molar-refractivity contribution in [2.75, 3.05) is 21.3 Å². The highest BCUT2D eigenvalue weighted by Gasteiger charge is 2.46. The summed E-state index contributed by atoms with van der Waals surface area (Å²) in [5, 5.41) is 0.